The highest BCUT2D eigenvalue weighted by molar-refractivity contribution is 9.10. The molecule has 0 saturated heterocycles. The van der Waals surface area contributed by atoms with Gasteiger partial charge in [-0.1, -0.05) is 50.1 Å². The van der Waals surface area contributed by atoms with Gasteiger partial charge in [0.05, 0.1) is 0 Å². The standard InChI is InChI=1S/C14H13Br2N/c1-10-5-6-13(8-14(10)16)17-9-11-3-2-4-12(15)7-11/h2-8,17H,9H2,1H3. The Bertz CT molecular complexity index is 523. The van der Waals surface area contributed by atoms with Crippen molar-refractivity contribution in [1.29, 1.82) is 0 Å². The molecule has 0 saturated carbocycles. The Morgan fingerprint density at radius 2 is 1.88 bits per heavy atom. The summed E-state index contributed by atoms with van der Waals surface area (Å²) in [6, 6.07) is 14.6. The molecule has 2 aromatic carbocycles. The monoisotopic (exact) mass is 353 g/mol. The topological polar surface area (TPSA) is 12.0 Å². The molecule has 17 heavy (non-hydrogen) atoms. The molecule has 0 heterocycles. The molecule has 0 radical (unpaired) electrons. The first kappa shape index (κ1) is 12.7. The quantitative estimate of drug-likeness (QED) is 0.805. The summed E-state index contributed by atoms with van der Waals surface area (Å²) in [6.45, 7) is 2.91. The summed E-state index contributed by atoms with van der Waals surface area (Å²) < 4.78 is 2.25. The maximum Gasteiger partial charge on any atom is 0.0401 e. The molecule has 0 aliphatic heterocycles. The van der Waals surface area contributed by atoms with E-state index in [-0.39, 0.29) is 0 Å². The lowest BCUT2D eigenvalue weighted by molar-refractivity contribution is 1.14. The number of hydrogen-bond donors (Lipinski definition) is 1. The summed E-state index contributed by atoms with van der Waals surface area (Å²) in [6.07, 6.45) is 0. The number of aryl methyl sites for hydroxylation is 1. The van der Waals surface area contributed by atoms with Gasteiger partial charge in [-0.15, -0.1) is 0 Å². The highest BCUT2D eigenvalue weighted by atomic mass is 79.9. The van der Waals surface area contributed by atoms with Crippen LogP contribution in [0.5, 0.6) is 0 Å². The van der Waals surface area contributed by atoms with Crippen LogP contribution in [-0.4, -0.2) is 0 Å². The van der Waals surface area contributed by atoms with Gasteiger partial charge < -0.3 is 5.32 Å². The van der Waals surface area contributed by atoms with Gasteiger partial charge in [0.25, 0.3) is 0 Å². The van der Waals surface area contributed by atoms with Gasteiger partial charge in [-0.25, -0.2) is 0 Å². The molecule has 0 spiro atoms. The minimum absolute atomic E-state index is 0.828. The Kier molecular flexibility index (Phi) is 4.24. The SMILES string of the molecule is Cc1ccc(NCc2cccc(Br)c2)cc1Br. The average Bonchev–Trinajstić information content (AvgIpc) is 2.31. The summed E-state index contributed by atoms with van der Waals surface area (Å²) in [5.74, 6) is 0. The van der Waals surface area contributed by atoms with Crippen molar-refractivity contribution in [3.63, 3.8) is 0 Å². The maximum absolute atomic E-state index is 3.54. The van der Waals surface area contributed by atoms with Crippen molar-refractivity contribution in [2.75, 3.05) is 5.32 Å². The number of halogens is 2. The summed E-state index contributed by atoms with van der Waals surface area (Å²) in [5.41, 5.74) is 3.64. The van der Waals surface area contributed by atoms with E-state index in [0.717, 1.165) is 21.2 Å². The second kappa shape index (κ2) is 5.69. The molecule has 0 aliphatic rings. The second-order valence-corrected chi connectivity index (χ2v) is 5.72. The lowest BCUT2D eigenvalue weighted by Crippen LogP contribution is -1.99. The lowest BCUT2D eigenvalue weighted by atomic mass is 10.2. The molecule has 1 nitrogen and oxygen atoms in total. The van der Waals surface area contributed by atoms with Crippen LogP contribution in [0.2, 0.25) is 0 Å². The highest BCUT2D eigenvalue weighted by Crippen LogP contribution is 2.21. The third-order valence-corrected chi connectivity index (χ3v) is 3.91. The second-order valence-electron chi connectivity index (χ2n) is 3.95. The van der Waals surface area contributed by atoms with Crippen LogP contribution in [-0.2, 0) is 6.54 Å². The summed E-state index contributed by atoms with van der Waals surface area (Å²) in [5, 5.41) is 3.41. The molecule has 2 rings (SSSR count). The van der Waals surface area contributed by atoms with Gasteiger partial charge in [-0.05, 0) is 42.3 Å². The van der Waals surface area contributed by atoms with Crippen molar-refractivity contribution in [2.45, 2.75) is 13.5 Å². The molecule has 88 valence electrons. The van der Waals surface area contributed by atoms with Crippen molar-refractivity contribution in [1.82, 2.24) is 0 Å². The molecule has 0 bridgehead atoms. The minimum atomic E-state index is 0.828. The Balaban J connectivity index is 2.05. The smallest absolute Gasteiger partial charge is 0.0401 e. The molecule has 3 heteroatoms. The van der Waals surface area contributed by atoms with E-state index < -0.39 is 0 Å². The van der Waals surface area contributed by atoms with Gasteiger partial charge in [0.2, 0.25) is 0 Å². The Hall–Kier alpha value is -0.800. The van der Waals surface area contributed by atoms with Crippen LogP contribution in [0.3, 0.4) is 0 Å². The summed E-state index contributed by atoms with van der Waals surface area (Å²) in [7, 11) is 0. The Morgan fingerprint density at radius 3 is 2.59 bits per heavy atom. The fourth-order valence-corrected chi connectivity index (χ4v) is 2.38. The average molecular weight is 355 g/mol. The van der Waals surface area contributed by atoms with Gasteiger partial charge in [0.1, 0.15) is 0 Å². The molecule has 1 N–H and O–H groups in total. The molecule has 2 aromatic rings. The van der Waals surface area contributed by atoms with Gasteiger partial charge in [-0.3, -0.25) is 0 Å². The largest absolute Gasteiger partial charge is 0.381 e. The van der Waals surface area contributed by atoms with Gasteiger partial charge in [0, 0.05) is 21.2 Å². The molecule has 0 amide bonds. The summed E-state index contributed by atoms with van der Waals surface area (Å²) >= 11 is 7.01. The highest BCUT2D eigenvalue weighted by Gasteiger charge is 1.98. The van der Waals surface area contributed by atoms with Crippen LogP contribution >= 0.6 is 31.9 Å². The Labute approximate surface area is 119 Å². The van der Waals surface area contributed by atoms with E-state index >= 15 is 0 Å². The van der Waals surface area contributed by atoms with Crippen LogP contribution in [0.1, 0.15) is 11.1 Å². The third-order valence-electron chi connectivity index (χ3n) is 2.56. The zero-order valence-electron chi connectivity index (χ0n) is 9.50. The Morgan fingerprint density at radius 1 is 1.06 bits per heavy atom. The van der Waals surface area contributed by atoms with E-state index in [1.807, 2.05) is 12.1 Å². The van der Waals surface area contributed by atoms with Crippen LogP contribution < -0.4 is 5.32 Å². The fraction of sp³-hybridized carbons (Fsp3) is 0.143. The first-order chi connectivity index (χ1) is 8.15. The number of benzene rings is 2. The van der Waals surface area contributed by atoms with Crippen molar-refractivity contribution < 1.29 is 0 Å². The number of rotatable bonds is 3. The maximum atomic E-state index is 3.54. The van der Waals surface area contributed by atoms with Crippen LogP contribution in [0.15, 0.2) is 51.4 Å². The van der Waals surface area contributed by atoms with Crippen molar-refractivity contribution in [3.8, 4) is 0 Å². The van der Waals surface area contributed by atoms with Gasteiger partial charge in [0.15, 0.2) is 0 Å². The first-order valence-corrected chi connectivity index (χ1v) is 6.98. The van der Waals surface area contributed by atoms with E-state index in [1.54, 1.807) is 0 Å². The molecule has 0 atom stereocenters. The lowest BCUT2D eigenvalue weighted by Gasteiger charge is -2.08. The molecule has 0 fully saturated rings. The van der Waals surface area contributed by atoms with E-state index in [0.29, 0.717) is 0 Å². The zero-order valence-corrected chi connectivity index (χ0v) is 12.7. The minimum Gasteiger partial charge on any atom is -0.381 e. The summed E-state index contributed by atoms with van der Waals surface area (Å²) in [4.78, 5) is 0. The zero-order chi connectivity index (χ0) is 12.3. The van der Waals surface area contributed by atoms with Crippen molar-refractivity contribution >= 4 is 37.5 Å². The van der Waals surface area contributed by atoms with E-state index in [2.05, 4.69) is 74.4 Å². The van der Waals surface area contributed by atoms with Crippen molar-refractivity contribution in [3.05, 3.63) is 62.5 Å². The first-order valence-electron chi connectivity index (χ1n) is 5.39. The normalized spacial score (nSPS) is 10.3. The molecule has 0 aromatic heterocycles. The molecule has 0 aliphatic carbocycles. The van der Waals surface area contributed by atoms with Crippen LogP contribution in [0.25, 0.3) is 0 Å². The van der Waals surface area contributed by atoms with Crippen molar-refractivity contribution in [2.24, 2.45) is 0 Å². The molecular formula is C14H13Br2N. The third kappa shape index (κ3) is 3.58. The predicted molar refractivity (Wildman–Crippen MR) is 80.3 cm³/mol. The van der Waals surface area contributed by atoms with Gasteiger partial charge >= 0.3 is 0 Å². The number of anilines is 1. The fourth-order valence-electron chi connectivity index (χ4n) is 1.55. The van der Waals surface area contributed by atoms with Crippen LogP contribution in [0.4, 0.5) is 5.69 Å². The number of nitrogens with one attached hydrogen (secondary N) is 1. The van der Waals surface area contributed by atoms with E-state index in [1.165, 1.54) is 11.1 Å². The van der Waals surface area contributed by atoms with E-state index in [9.17, 15) is 0 Å². The van der Waals surface area contributed by atoms with Gasteiger partial charge in [-0.2, -0.15) is 0 Å². The predicted octanol–water partition coefficient (Wildman–Crippen LogP) is 5.13. The molecule has 0 unspecified atom stereocenters. The van der Waals surface area contributed by atoms with E-state index in [4.69, 9.17) is 0 Å². The number of hydrogen-bond acceptors (Lipinski definition) is 1. The molecular weight excluding hydrogens is 342 g/mol. The van der Waals surface area contributed by atoms with Crippen LogP contribution in [0, 0.1) is 6.92 Å².